The van der Waals surface area contributed by atoms with Crippen molar-refractivity contribution >= 4 is 22.4 Å². The largest absolute Gasteiger partial charge is 0.325 e. The molecular weight excluding hydrogens is 398 g/mol. The van der Waals surface area contributed by atoms with Crippen LogP contribution in [0.3, 0.4) is 0 Å². The molecule has 2 aromatic carbocycles. The van der Waals surface area contributed by atoms with Crippen LogP contribution in [0, 0.1) is 0 Å². The Kier molecular flexibility index (Phi) is 5.94. The number of nitrogens with zero attached hydrogens (tertiary/aromatic N) is 5. The summed E-state index contributed by atoms with van der Waals surface area (Å²) in [5.74, 6) is 0.961. The van der Waals surface area contributed by atoms with Gasteiger partial charge in [0.1, 0.15) is 5.82 Å². The van der Waals surface area contributed by atoms with Crippen LogP contribution in [0.5, 0.6) is 0 Å². The Morgan fingerprint density at radius 1 is 0.875 bits per heavy atom. The monoisotopic (exact) mass is 425 g/mol. The highest BCUT2D eigenvalue weighted by atomic mass is 16.1. The van der Waals surface area contributed by atoms with Crippen LogP contribution >= 0.6 is 0 Å². The molecule has 6 heteroatoms. The summed E-state index contributed by atoms with van der Waals surface area (Å²) >= 11 is 0. The van der Waals surface area contributed by atoms with E-state index in [-0.39, 0.29) is 11.6 Å². The number of pyridine rings is 1. The molecule has 162 valence electrons. The third-order valence-electron chi connectivity index (χ3n) is 6.27. The third-order valence-corrected chi connectivity index (χ3v) is 6.27. The minimum atomic E-state index is 0.0689. The standard InChI is InChI=1S/C26H27N5O/c32-26-23-10-4-5-11-24(23)28-20-31(26)22-13-16-29(17-14-22)18-19-30(21-8-2-1-3-9-21)25-12-6-7-15-27-25/h1-12,15,20,22H,13-14,16-19H2. The quantitative estimate of drug-likeness (QED) is 0.462. The molecule has 1 aliphatic rings. The van der Waals surface area contributed by atoms with E-state index >= 15 is 0 Å². The Morgan fingerprint density at radius 3 is 2.41 bits per heavy atom. The first-order chi connectivity index (χ1) is 15.8. The van der Waals surface area contributed by atoms with Crippen LogP contribution in [0.4, 0.5) is 11.5 Å². The van der Waals surface area contributed by atoms with Crippen molar-refractivity contribution < 1.29 is 0 Å². The van der Waals surface area contributed by atoms with E-state index in [2.05, 4.69) is 50.1 Å². The van der Waals surface area contributed by atoms with E-state index in [9.17, 15) is 4.79 Å². The average Bonchev–Trinajstić information content (AvgIpc) is 2.86. The van der Waals surface area contributed by atoms with Gasteiger partial charge in [0, 0.05) is 44.1 Å². The molecule has 0 N–H and O–H groups in total. The van der Waals surface area contributed by atoms with Crippen LogP contribution in [-0.2, 0) is 0 Å². The molecule has 0 atom stereocenters. The van der Waals surface area contributed by atoms with Gasteiger partial charge in [-0.3, -0.25) is 9.36 Å². The zero-order chi connectivity index (χ0) is 21.8. The van der Waals surface area contributed by atoms with Crippen molar-refractivity contribution in [2.24, 2.45) is 0 Å². The van der Waals surface area contributed by atoms with Crippen LogP contribution in [0.15, 0.2) is 90.1 Å². The number of benzene rings is 2. The van der Waals surface area contributed by atoms with E-state index in [0.717, 1.165) is 56.0 Å². The van der Waals surface area contributed by atoms with Crippen molar-refractivity contribution in [1.82, 2.24) is 19.4 Å². The van der Waals surface area contributed by atoms with Gasteiger partial charge in [0.2, 0.25) is 0 Å². The molecule has 2 aromatic heterocycles. The van der Waals surface area contributed by atoms with Gasteiger partial charge in [-0.1, -0.05) is 36.4 Å². The minimum absolute atomic E-state index is 0.0689. The molecule has 0 spiro atoms. The number of aromatic nitrogens is 3. The number of likely N-dealkylation sites (tertiary alicyclic amines) is 1. The maximum Gasteiger partial charge on any atom is 0.261 e. The van der Waals surface area contributed by atoms with Gasteiger partial charge in [0.25, 0.3) is 5.56 Å². The summed E-state index contributed by atoms with van der Waals surface area (Å²) in [5, 5.41) is 0.700. The van der Waals surface area contributed by atoms with Crippen LogP contribution in [0.1, 0.15) is 18.9 Å². The minimum Gasteiger partial charge on any atom is -0.325 e. The van der Waals surface area contributed by atoms with E-state index in [1.54, 1.807) is 6.33 Å². The summed E-state index contributed by atoms with van der Waals surface area (Å²) in [5.41, 5.74) is 1.98. The molecule has 1 fully saturated rings. The predicted molar refractivity (Wildman–Crippen MR) is 128 cm³/mol. The van der Waals surface area contributed by atoms with Crippen molar-refractivity contribution in [2.45, 2.75) is 18.9 Å². The Hall–Kier alpha value is -3.51. The van der Waals surface area contributed by atoms with Crippen molar-refractivity contribution in [2.75, 3.05) is 31.1 Å². The summed E-state index contributed by atoms with van der Waals surface area (Å²) in [6, 6.07) is 24.2. The van der Waals surface area contributed by atoms with E-state index in [4.69, 9.17) is 0 Å². The average molecular weight is 426 g/mol. The molecule has 0 unspecified atom stereocenters. The molecule has 0 saturated carbocycles. The fourth-order valence-electron chi connectivity index (χ4n) is 4.50. The first-order valence-electron chi connectivity index (χ1n) is 11.2. The van der Waals surface area contributed by atoms with Crippen molar-refractivity contribution in [3.05, 3.63) is 95.7 Å². The molecule has 32 heavy (non-hydrogen) atoms. The Balaban J connectivity index is 1.25. The molecule has 6 nitrogen and oxygen atoms in total. The third kappa shape index (κ3) is 4.27. The van der Waals surface area contributed by atoms with Gasteiger partial charge in [-0.2, -0.15) is 0 Å². The summed E-state index contributed by atoms with van der Waals surface area (Å²) in [6.45, 7) is 3.75. The molecule has 0 radical (unpaired) electrons. The summed E-state index contributed by atoms with van der Waals surface area (Å²) in [4.78, 5) is 26.7. The van der Waals surface area contributed by atoms with Crippen molar-refractivity contribution in [3.63, 3.8) is 0 Å². The number of rotatable bonds is 6. The van der Waals surface area contributed by atoms with Crippen molar-refractivity contribution in [1.29, 1.82) is 0 Å². The predicted octanol–water partition coefficient (Wildman–Crippen LogP) is 4.27. The zero-order valence-electron chi connectivity index (χ0n) is 18.0. The first-order valence-corrected chi connectivity index (χ1v) is 11.2. The van der Waals surface area contributed by atoms with Gasteiger partial charge >= 0.3 is 0 Å². The molecule has 1 saturated heterocycles. The lowest BCUT2D eigenvalue weighted by Crippen LogP contribution is -2.40. The van der Waals surface area contributed by atoms with E-state index in [1.807, 2.05) is 53.2 Å². The second kappa shape index (κ2) is 9.32. The molecule has 1 aliphatic heterocycles. The number of hydrogen-bond donors (Lipinski definition) is 0. The first kappa shape index (κ1) is 20.4. The Labute approximate surface area is 187 Å². The van der Waals surface area contributed by atoms with E-state index in [1.165, 1.54) is 0 Å². The lowest BCUT2D eigenvalue weighted by atomic mass is 10.0. The van der Waals surface area contributed by atoms with E-state index in [0.29, 0.717) is 5.39 Å². The SMILES string of the molecule is O=c1c2ccccc2ncn1C1CCN(CCN(c2ccccc2)c2ccccn2)CC1. The second-order valence-corrected chi connectivity index (χ2v) is 8.22. The molecule has 3 heterocycles. The Bertz CT molecular complexity index is 1180. The maximum atomic E-state index is 12.9. The highest BCUT2D eigenvalue weighted by Gasteiger charge is 2.22. The molecule has 5 rings (SSSR count). The smallest absolute Gasteiger partial charge is 0.261 e. The molecule has 4 aromatic rings. The van der Waals surface area contributed by atoms with Gasteiger partial charge in [0.15, 0.2) is 0 Å². The van der Waals surface area contributed by atoms with Gasteiger partial charge in [0.05, 0.1) is 17.2 Å². The zero-order valence-corrected chi connectivity index (χ0v) is 18.0. The van der Waals surface area contributed by atoms with Gasteiger partial charge in [-0.05, 0) is 49.2 Å². The van der Waals surface area contributed by atoms with Crippen LogP contribution < -0.4 is 10.5 Å². The number of para-hydroxylation sites is 2. The highest BCUT2D eigenvalue weighted by molar-refractivity contribution is 5.76. The van der Waals surface area contributed by atoms with Gasteiger partial charge in [-0.25, -0.2) is 9.97 Å². The van der Waals surface area contributed by atoms with Crippen molar-refractivity contribution in [3.8, 4) is 0 Å². The van der Waals surface area contributed by atoms with Crippen LogP contribution in [0.25, 0.3) is 10.9 Å². The summed E-state index contributed by atoms with van der Waals surface area (Å²) in [7, 11) is 0. The second-order valence-electron chi connectivity index (χ2n) is 8.22. The molecule has 0 amide bonds. The molecular formula is C26H27N5O. The number of piperidine rings is 1. The fraction of sp³-hybridized carbons (Fsp3) is 0.269. The number of hydrogen-bond acceptors (Lipinski definition) is 5. The molecule has 0 bridgehead atoms. The Morgan fingerprint density at radius 2 is 1.62 bits per heavy atom. The normalized spacial score (nSPS) is 15.1. The van der Waals surface area contributed by atoms with Crippen LogP contribution in [0.2, 0.25) is 0 Å². The molecule has 0 aliphatic carbocycles. The topological polar surface area (TPSA) is 54.3 Å². The lowest BCUT2D eigenvalue weighted by Gasteiger charge is -2.34. The van der Waals surface area contributed by atoms with Gasteiger partial charge in [-0.15, -0.1) is 0 Å². The number of fused-ring (bicyclic) bond motifs is 1. The maximum absolute atomic E-state index is 12.9. The number of anilines is 2. The summed E-state index contributed by atoms with van der Waals surface area (Å²) in [6.07, 6.45) is 5.47. The highest BCUT2D eigenvalue weighted by Crippen LogP contribution is 2.25. The van der Waals surface area contributed by atoms with Crippen LogP contribution in [-0.4, -0.2) is 45.6 Å². The lowest BCUT2D eigenvalue weighted by molar-refractivity contribution is 0.188. The van der Waals surface area contributed by atoms with E-state index < -0.39 is 0 Å². The van der Waals surface area contributed by atoms with Gasteiger partial charge < -0.3 is 9.80 Å². The fourth-order valence-corrected chi connectivity index (χ4v) is 4.50. The summed E-state index contributed by atoms with van der Waals surface area (Å²) < 4.78 is 1.84.